The van der Waals surface area contributed by atoms with Crippen LogP contribution in [0.4, 0.5) is 5.69 Å². The molecule has 2 rings (SSSR count). The summed E-state index contributed by atoms with van der Waals surface area (Å²) in [5.74, 6) is 0.211. The number of hydrogen-bond acceptors (Lipinski definition) is 3. The minimum absolute atomic E-state index is 0.0195. The lowest BCUT2D eigenvalue weighted by Crippen LogP contribution is -2.34. The van der Waals surface area contributed by atoms with Crippen LogP contribution in [0.2, 0.25) is 0 Å². The lowest BCUT2D eigenvalue weighted by Gasteiger charge is -2.21. The van der Waals surface area contributed by atoms with Crippen molar-refractivity contribution in [2.24, 2.45) is 5.92 Å². The number of aliphatic hydroxyl groups is 1. The van der Waals surface area contributed by atoms with Crippen molar-refractivity contribution in [1.82, 2.24) is 5.32 Å². The monoisotopic (exact) mass is 260 g/mol. The van der Waals surface area contributed by atoms with Gasteiger partial charge < -0.3 is 15.7 Å². The van der Waals surface area contributed by atoms with E-state index >= 15 is 0 Å². The number of benzene rings is 1. The molecule has 4 heteroatoms. The number of hydrogen-bond donors (Lipinski definition) is 3. The summed E-state index contributed by atoms with van der Waals surface area (Å²) in [6, 6.07) is 7.63. The first-order chi connectivity index (χ1) is 9.29. The second-order valence-corrected chi connectivity index (χ2v) is 4.72. The molecule has 0 atom stereocenters. The molecule has 1 amide bonds. The van der Waals surface area contributed by atoms with Crippen molar-refractivity contribution < 1.29 is 9.90 Å². The van der Waals surface area contributed by atoms with E-state index in [0.29, 0.717) is 0 Å². The average Bonchev–Trinajstić information content (AvgIpc) is 2.46. The van der Waals surface area contributed by atoms with Crippen molar-refractivity contribution in [1.29, 1.82) is 0 Å². The van der Waals surface area contributed by atoms with Gasteiger partial charge >= 0.3 is 0 Å². The molecule has 1 aliphatic rings. The van der Waals surface area contributed by atoms with E-state index in [1.165, 1.54) is 0 Å². The molecule has 1 aromatic carbocycles. The normalized spacial score (nSPS) is 16.7. The van der Waals surface area contributed by atoms with Crippen LogP contribution in [-0.2, 0) is 4.79 Å². The van der Waals surface area contributed by atoms with E-state index in [1.54, 1.807) is 6.08 Å². The number of carbonyl (C=O) groups is 1. The molecule has 0 bridgehead atoms. The molecular weight excluding hydrogens is 240 g/mol. The zero-order valence-electron chi connectivity index (χ0n) is 10.9. The van der Waals surface area contributed by atoms with Gasteiger partial charge in [-0.1, -0.05) is 24.3 Å². The first kappa shape index (κ1) is 13.8. The zero-order valence-corrected chi connectivity index (χ0v) is 10.9. The molecule has 0 aliphatic carbocycles. The van der Waals surface area contributed by atoms with Crippen LogP contribution >= 0.6 is 0 Å². The first-order valence-corrected chi connectivity index (χ1v) is 6.68. The number of carbonyl (C=O) groups excluding carboxylic acids is 1. The fraction of sp³-hybridized carbons (Fsp3) is 0.400. The van der Waals surface area contributed by atoms with Gasteiger partial charge in [0.25, 0.3) is 0 Å². The standard InChI is InChI=1S/C15H20N2O2/c18-10-2-4-12-3-1-5-14(11-12)17-15(19)13-6-8-16-9-7-13/h1-5,11,13,16,18H,6-10H2,(H,17,19)/b4-2+. The van der Waals surface area contributed by atoms with Crippen molar-refractivity contribution in [3.8, 4) is 0 Å². The predicted molar refractivity (Wildman–Crippen MR) is 76.8 cm³/mol. The maximum atomic E-state index is 12.1. The minimum Gasteiger partial charge on any atom is -0.392 e. The van der Waals surface area contributed by atoms with Gasteiger partial charge in [-0.2, -0.15) is 0 Å². The molecule has 0 unspecified atom stereocenters. The summed E-state index contributed by atoms with van der Waals surface area (Å²) in [6.45, 7) is 1.85. The smallest absolute Gasteiger partial charge is 0.227 e. The molecule has 1 aromatic rings. The molecule has 102 valence electrons. The van der Waals surface area contributed by atoms with Crippen molar-refractivity contribution in [3.63, 3.8) is 0 Å². The second kappa shape index (κ2) is 7.07. The summed E-state index contributed by atoms with van der Waals surface area (Å²) in [6.07, 6.45) is 5.31. The Labute approximate surface area is 113 Å². The SMILES string of the molecule is O=C(Nc1cccc(/C=C/CO)c1)C1CCNCC1. The van der Waals surface area contributed by atoms with Crippen LogP contribution < -0.4 is 10.6 Å². The molecule has 1 saturated heterocycles. The Balaban J connectivity index is 1.97. The van der Waals surface area contributed by atoms with Gasteiger partial charge in [-0.25, -0.2) is 0 Å². The van der Waals surface area contributed by atoms with Crippen LogP contribution in [0.5, 0.6) is 0 Å². The fourth-order valence-corrected chi connectivity index (χ4v) is 2.24. The van der Waals surface area contributed by atoms with Crippen molar-refractivity contribution in [2.45, 2.75) is 12.8 Å². The van der Waals surface area contributed by atoms with Gasteiger partial charge in [0.05, 0.1) is 6.61 Å². The van der Waals surface area contributed by atoms with Crippen LogP contribution in [0.25, 0.3) is 6.08 Å². The minimum atomic E-state index is 0.0195. The van der Waals surface area contributed by atoms with E-state index < -0.39 is 0 Å². The lowest BCUT2D eigenvalue weighted by molar-refractivity contribution is -0.120. The Bertz CT molecular complexity index is 451. The Kier molecular flexibility index (Phi) is 5.12. The summed E-state index contributed by atoms with van der Waals surface area (Å²) >= 11 is 0. The fourth-order valence-electron chi connectivity index (χ4n) is 2.24. The number of aliphatic hydroxyl groups excluding tert-OH is 1. The lowest BCUT2D eigenvalue weighted by atomic mass is 9.97. The van der Waals surface area contributed by atoms with Gasteiger partial charge in [-0.3, -0.25) is 4.79 Å². The van der Waals surface area contributed by atoms with Crippen LogP contribution in [0.3, 0.4) is 0 Å². The van der Waals surface area contributed by atoms with Crippen molar-refractivity contribution in [3.05, 3.63) is 35.9 Å². The summed E-state index contributed by atoms with van der Waals surface area (Å²) in [7, 11) is 0. The molecule has 0 radical (unpaired) electrons. The predicted octanol–water partition coefficient (Wildman–Crippen LogP) is 1.63. The Morgan fingerprint density at radius 3 is 2.95 bits per heavy atom. The van der Waals surface area contributed by atoms with Gasteiger partial charge in [0, 0.05) is 11.6 Å². The molecule has 1 aliphatic heterocycles. The Morgan fingerprint density at radius 2 is 2.21 bits per heavy atom. The highest BCUT2D eigenvalue weighted by Crippen LogP contribution is 2.17. The summed E-state index contributed by atoms with van der Waals surface area (Å²) < 4.78 is 0. The molecule has 0 aromatic heterocycles. The molecule has 4 nitrogen and oxygen atoms in total. The van der Waals surface area contributed by atoms with E-state index in [9.17, 15) is 4.79 Å². The third kappa shape index (κ3) is 4.19. The highest BCUT2D eigenvalue weighted by Gasteiger charge is 2.20. The molecule has 3 N–H and O–H groups in total. The van der Waals surface area contributed by atoms with E-state index in [0.717, 1.165) is 37.2 Å². The van der Waals surface area contributed by atoms with Gasteiger partial charge in [-0.05, 0) is 43.6 Å². The third-order valence-electron chi connectivity index (χ3n) is 3.28. The van der Waals surface area contributed by atoms with Crippen LogP contribution in [0.15, 0.2) is 30.3 Å². The number of piperidine rings is 1. The van der Waals surface area contributed by atoms with Crippen LogP contribution in [-0.4, -0.2) is 30.7 Å². The number of anilines is 1. The Morgan fingerprint density at radius 1 is 1.42 bits per heavy atom. The zero-order chi connectivity index (χ0) is 13.5. The Hall–Kier alpha value is -1.65. The number of rotatable bonds is 4. The second-order valence-electron chi connectivity index (χ2n) is 4.72. The van der Waals surface area contributed by atoms with Gasteiger partial charge in [0.1, 0.15) is 0 Å². The maximum absolute atomic E-state index is 12.1. The first-order valence-electron chi connectivity index (χ1n) is 6.68. The largest absolute Gasteiger partial charge is 0.392 e. The molecule has 1 fully saturated rings. The average molecular weight is 260 g/mol. The third-order valence-corrected chi connectivity index (χ3v) is 3.28. The highest BCUT2D eigenvalue weighted by atomic mass is 16.2. The molecule has 19 heavy (non-hydrogen) atoms. The van der Waals surface area contributed by atoms with Gasteiger partial charge in [-0.15, -0.1) is 0 Å². The van der Waals surface area contributed by atoms with E-state index in [-0.39, 0.29) is 18.4 Å². The van der Waals surface area contributed by atoms with Crippen LogP contribution in [0, 0.1) is 5.92 Å². The van der Waals surface area contributed by atoms with E-state index in [4.69, 9.17) is 5.11 Å². The summed E-state index contributed by atoms with van der Waals surface area (Å²) in [4.78, 5) is 12.1. The number of nitrogens with one attached hydrogen (secondary N) is 2. The molecule has 1 heterocycles. The summed E-state index contributed by atoms with van der Waals surface area (Å²) in [5, 5.41) is 15.0. The topological polar surface area (TPSA) is 61.4 Å². The van der Waals surface area contributed by atoms with Crippen molar-refractivity contribution in [2.75, 3.05) is 25.0 Å². The van der Waals surface area contributed by atoms with Gasteiger partial charge in [0.15, 0.2) is 0 Å². The van der Waals surface area contributed by atoms with Crippen molar-refractivity contribution >= 4 is 17.7 Å². The highest BCUT2D eigenvalue weighted by molar-refractivity contribution is 5.92. The molecule has 0 saturated carbocycles. The van der Waals surface area contributed by atoms with Gasteiger partial charge in [0.2, 0.25) is 5.91 Å². The quantitative estimate of drug-likeness (QED) is 0.771. The van der Waals surface area contributed by atoms with E-state index in [2.05, 4.69) is 10.6 Å². The molecule has 0 spiro atoms. The van der Waals surface area contributed by atoms with Crippen LogP contribution in [0.1, 0.15) is 18.4 Å². The maximum Gasteiger partial charge on any atom is 0.227 e. The van der Waals surface area contributed by atoms with E-state index in [1.807, 2.05) is 30.3 Å². The number of amides is 1. The molecular formula is C15H20N2O2. The summed E-state index contributed by atoms with van der Waals surface area (Å²) in [5.41, 5.74) is 1.78.